The van der Waals surface area contributed by atoms with Gasteiger partial charge >= 0.3 is 0 Å². The Balaban J connectivity index is 1.76. The molecule has 32 heavy (non-hydrogen) atoms. The fourth-order valence-electron chi connectivity index (χ4n) is 3.67. The third kappa shape index (κ3) is 4.24. The summed E-state index contributed by atoms with van der Waals surface area (Å²) in [5.41, 5.74) is 3.60. The summed E-state index contributed by atoms with van der Waals surface area (Å²) in [5.74, 6) is 0.963. The Labute approximate surface area is 187 Å². The highest BCUT2D eigenvalue weighted by Gasteiger charge is 2.28. The van der Waals surface area contributed by atoms with E-state index in [0.717, 1.165) is 17.9 Å². The molecule has 9 nitrogen and oxygen atoms in total. The molecule has 2 N–H and O–H groups in total. The van der Waals surface area contributed by atoms with Crippen molar-refractivity contribution < 1.29 is 9.90 Å². The van der Waals surface area contributed by atoms with Crippen molar-refractivity contribution in [3.8, 4) is 11.5 Å². The summed E-state index contributed by atoms with van der Waals surface area (Å²) in [4.78, 5) is 35.2. The first kappa shape index (κ1) is 21.6. The highest BCUT2D eigenvalue weighted by Crippen LogP contribution is 2.37. The van der Waals surface area contributed by atoms with E-state index in [1.165, 1.54) is 0 Å². The molecule has 166 valence electrons. The highest BCUT2D eigenvalue weighted by atomic mass is 16.3. The van der Waals surface area contributed by atoms with Crippen LogP contribution in [0.3, 0.4) is 0 Å². The third-order valence-electron chi connectivity index (χ3n) is 5.58. The first-order chi connectivity index (χ1) is 15.5. The van der Waals surface area contributed by atoms with Gasteiger partial charge in [0.2, 0.25) is 0 Å². The van der Waals surface area contributed by atoms with Crippen LogP contribution in [0.2, 0.25) is 0 Å². The lowest BCUT2D eigenvalue weighted by atomic mass is 10.1. The van der Waals surface area contributed by atoms with Crippen molar-refractivity contribution in [1.29, 1.82) is 0 Å². The number of nitrogens with one attached hydrogen (secondary N) is 1. The van der Waals surface area contributed by atoms with Crippen LogP contribution in [0, 0.1) is 6.92 Å². The molecule has 1 atom stereocenters. The molecule has 0 radical (unpaired) electrons. The zero-order chi connectivity index (χ0) is 22.7. The number of rotatable bonds is 6. The molecule has 9 heteroatoms. The van der Waals surface area contributed by atoms with Crippen molar-refractivity contribution in [2.75, 3.05) is 36.5 Å². The summed E-state index contributed by atoms with van der Waals surface area (Å²) in [6, 6.07) is 7.25. The number of carbonyl (C=O) groups is 1. The Hall–Kier alpha value is -3.59. The summed E-state index contributed by atoms with van der Waals surface area (Å²) < 4.78 is 0. The quantitative estimate of drug-likeness (QED) is 0.610. The predicted molar refractivity (Wildman–Crippen MR) is 123 cm³/mol. The molecule has 3 aromatic rings. The van der Waals surface area contributed by atoms with Crippen molar-refractivity contribution in [2.45, 2.75) is 26.3 Å². The van der Waals surface area contributed by atoms with Crippen LogP contribution in [0.1, 0.15) is 29.4 Å². The number of nitrogens with zero attached hydrogens (tertiary/aromatic N) is 6. The number of hydrogen-bond acceptors (Lipinski definition) is 8. The van der Waals surface area contributed by atoms with E-state index in [-0.39, 0.29) is 18.6 Å². The summed E-state index contributed by atoms with van der Waals surface area (Å²) in [6.07, 6.45) is 5.65. The van der Waals surface area contributed by atoms with E-state index in [9.17, 15) is 9.90 Å². The first-order valence-corrected chi connectivity index (χ1v) is 10.7. The molecule has 4 heterocycles. The molecule has 0 saturated heterocycles. The van der Waals surface area contributed by atoms with Crippen LogP contribution in [0.4, 0.5) is 17.2 Å². The van der Waals surface area contributed by atoms with Gasteiger partial charge in [-0.2, -0.15) is 0 Å². The fraction of sp³-hybridized carbons (Fsp3) is 0.348. The molecule has 4 rings (SSSR count). The molecule has 0 aromatic carbocycles. The molecular formula is C23H27N7O2. The van der Waals surface area contributed by atoms with Crippen LogP contribution in [0.15, 0.2) is 42.9 Å². The number of aliphatic hydroxyl groups is 1. The Morgan fingerprint density at radius 3 is 2.78 bits per heavy atom. The Morgan fingerprint density at radius 1 is 1.19 bits per heavy atom. The van der Waals surface area contributed by atoms with Crippen molar-refractivity contribution >= 4 is 23.1 Å². The summed E-state index contributed by atoms with van der Waals surface area (Å²) in [5, 5.41) is 12.4. The number of fused-ring (bicyclic) bond motifs is 1. The fourth-order valence-corrected chi connectivity index (χ4v) is 3.67. The molecule has 0 bridgehead atoms. The van der Waals surface area contributed by atoms with Gasteiger partial charge in [0.05, 0.1) is 35.8 Å². The van der Waals surface area contributed by atoms with E-state index >= 15 is 0 Å². The average Bonchev–Trinajstić information content (AvgIpc) is 2.82. The van der Waals surface area contributed by atoms with Gasteiger partial charge < -0.3 is 20.2 Å². The molecule has 0 saturated carbocycles. The summed E-state index contributed by atoms with van der Waals surface area (Å²) >= 11 is 0. The van der Waals surface area contributed by atoms with Gasteiger partial charge in [0.15, 0.2) is 11.6 Å². The second-order valence-electron chi connectivity index (χ2n) is 7.79. The molecule has 0 fully saturated rings. The van der Waals surface area contributed by atoms with Crippen molar-refractivity contribution in [3.63, 3.8) is 0 Å². The molecule has 1 aliphatic rings. The molecule has 1 amide bonds. The van der Waals surface area contributed by atoms with Crippen LogP contribution in [0.25, 0.3) is 11.5 Å². The summed E-state index contributed by atoms with van der Waals surface area (Å²) in [7, 11) is 2.00. The molecule has 1 aliphatic heterocycles. The Morgan fingerprint density at radius 2 is 2.03 bits per heavy atom. The lowest BCUT2D eigenvalue weighted by Crippen LogP contribution is -2.40. The van der Waals surface area contributed by atoms with Crippen LogP contribution < -0.4 is 15.1 Å². The topological polar surface area (TPSA) is 107 Å². The Kier molecular flexibility index (Phi) is 6.27. The smallest absolute Gasteiger partial charge is 0.255 e. The number of likely N-dealkylation sites (N-methyl/N-ethyl adjacent to an activating group) is 1. The van der Waals surface area contributed by atoms with Gasteiger partial charge in [-0.25, -0.2) is 15.0 Å². The number of amides is 1. The Bertz CT molecular complexity index is 1120. The van der Waals surface area contributed by atoms with Crippen molar-refractivity contribution in [1.82, 2.24) is 25.3 Å². The van der Waals surface area contributed by atoms with E-state index in [1.54, 1.807) is 18.6 Å². The van der Waals surface area contributed by atoms with Gasteiger partial charge in [-0.15, -0.1) is 0 Å². The maximum absolute atomic E-state index is 13.0. The maximum Gasteiger partial charge on any atom is 0.255 e. The lowest BCUT2D eigenvalue weighted by molar-refractivity contribution is 0.0915. The van der Waals surface area contributed by atoms with E-state index in [0.29, 0.717) is 41.6 Å². The number of aromatic nitrogens is 4. The van der Waals surface area contributed by atoms with E-state index in [1.807, 2.05) is 50.1 Å². The van der Waals surface area contributed by atoms with Crippen LogP contribution in [0.5, 0.6) is 0 Å². The minimum Gasteiger partial charge on any atom is -0.394 e. The van der Waals surface area contributed by atoms with Crippen LogP contribution in [-0.2, 0) is 0 Å². The van der Waals surface area contributed by atoms with E-state index < -0.39 is 0 Å². The zero-order valence-corrected chi connectivity index (χ0v) is 18.5. The number of anilines is 3. The standard InChI is InChI=1S/C23H27N7O2/c1-4-16(14-31)27-23(32)17-12-24-9-8-19(17)30-11-10-29(3)20-13-25-21(28-22(20)30)18-7-5-6-15(2)26-18/h5-9,12-13,16,31H,4,10-11,14H2,1-3H3,(H,27,32). The van der Waals surface area contributed by atoms with Gasteiger partial charge in [0, 0.05) is 38.2 Å². The zero-order valence-electron chi connectivity index (χ0n) is 18.5. The second kappa shape index (κ2) is 9.27. The summed E-state index contributed by atoms with van der Waals surface area (Å²) in [6.45, 7) is 5.12. The normalized spacial score (nSPS) is 14.1. The van der Waals surface area contributed by atoms with Gasteiger partial charge in [0.25, 0.3) is 5.91 Å². The van der Waals surface area contributed by atoms with Crippen molar-refractivity contribution in [3.05, 3.63) is 54.1 Å². The van der Waals surface area contributed by atoms with Crippen molar-refractivity contribution in [2.24, 2.45) is 0 Å². The SMILES string of the molecule is CCC(CO)NC(=O)c1cnccc1N1CCN(C)c2cnc(-c3cccc(C)n3)nc21. The molecule has 3 aromatic heterocycles. The van der Waals surface area contributed by atoms with Gasteiger partial charge in [-0.1, -0.05) is 13.0 Å². The second-order valence-corrected chi connectivity index (χ2v) is 7.79. The molecule has 1 unspecified atom stereocenters. The van der Waals surface area contributed by atoms with Crippen LogP contribution in [-0.4, -0.2) is 63.7 Å². The molecule has 0 spiro atoms. The first-order valence-electron chi connectivity index (χ1n) is 10.7. The predicted octanol–water partition coefficient (Wildman–Crippen LogP) is 2.33. The minimum atomic E-state index is -0.309. The largest absolute Gasteiger partial charge is 0.394 e. The van der Waals surface area contributed by atoms with Gasteiger partial charge in [0.1, 0.15) is 5.69 Å². The number of pyridine rings is 2. The number of carbonyl (C=O) groups excluding carboxylic acids is 1. The van der Waals surface area contributed by atoms with E-state index in [4.69, 9.17) is 4.98 Å². The number of hydrogen-bond donors (Lipinski definition) is 2. The van der Waals surface area contributed by atoms with Crippen LogP contribution >= 0.6 is 0 Å². The van der Waals surface area contributed by atoms with Gasteiger partial charge in [-0.05, 0) is 31.5 Å². The number of aryl methyl sites for hydroxylation is 1. The highest BCUT2D eigenvalue weighted by molar-refractivity contribution is 6.01. The molecule has 0 aliphatic carbocycles. The average molecular weight is 434 g/mol. The maximum atomic E-state index is 13.0. The number of aliphatic hydroxyl groups excluding tert-OH is 1. The third-order valence-corrected chi connectivity index (χ3v) is 5.58. The monoisotopic (exact) mass is 433 g/mol. The van der Waals surface area contributed by atoms with Gasteiger partial charge in [-0.3, -0.25) is 9.78 Å². The lowest BCUT2D eigenvalue weighted by Gasteiger charge is -2.36. The van der Waals surface area contributed by atoms with E-state index in [2.05, 4.69) is 25.2 Å². The molecular weight excluding hydrogens is 406 g/mol. The minimum absolute atomic E-state index is 0.116.